The lowest BCUT2D eigenvalue weighted by atomic mass is 10.3. The van der Waals surface area contributed by atoms with Gasteiger partial charge in [-0.1, -0.05) is 11.8 Å². The van der Waals surface area contributed by atoms with Gasteiger partial charge in [-0.15, -0.1) is 10.2 Å². The number of hydrogen-bond acceptors (Lipinski definition) is 6. The largest absolute Gasteiger partial charge is 0.494 e. The minimum absolute atomic E-state index is 0.192. The van der Waals surface area contributed by atoms with Crippen LogP contribution >= 0.6 is 11.8 Å². The normalized spacial score (nSPS) is 11.8. The van der Waals surface area contributed by atoms with Gasteiger partial charge in [-0.25, -0.2) is 0 Å². The fraction of sp³-hybridized carbons (Fsp3) is 0.333. The van der Waals surface area contributed by atoms with E-state index in [1.807, 2.05) is 6.92 Å². The van der Waals surface area contributed by atoms with Gasteiger partial charge in [0, 0.05) is 5.69 Å². The number of hydrogen-bond donors (Lipinski definition) is 2. The molecular weight excluding hydrogens is 316 g/mol. The van der Waals surface area contributed by atoms with E-state index in [1.165, 1.54) is 0 Å². The van der Waals surface area contributed by atoms with Gasteiger partial charge in [-0.3, -0.25) is 14.6 Å². The van der Waals surface area contributed by atoms with E-state index in [2.05, 4.69) is 20.5 Å². The van der Waals surface area contributed by atoms with Crippen molar-refractivity contribution in [1.29, 1.82) is 0 Å². The van der Waals surface area contributed by atoms with Crippen molar-refractivity contribution >= 4 is 23.4 Å². The van der Waals surface area contributed by atoms with Gasteiger partial charge in [0.1, 0.15) is 11.4 Å². The number of benzene rings is 1. The Bertz CT molecular complexity index is 730. The van der Waals surface area contributed by atoms with Crippen LogP contribution in [0.3, 0.4) is 0 Å². The van der Waals surface area contributed by atoms with Crippen LogP contribution in [0.2, 0.25) is 0 Å². The molecule has 0 aliphatic carbocycles. The molecule has 0 fully saturated rings. The molecule has 0 unspecified atom stereocenters. The molecule has 1 aromatic carbocycles. The lowest BCUT2D eigenvalue weighted by Gasteiger charge is -2.11. The molecule has 1 atom stereocenters. The number of H-pyrrole nitrogens is 1. The van der Waals surface area contributed by atoms with E-state index in [1.54, 1.807) is 38.1 Å². The molecule has 8 heteroatoms. The Balaban J connectivity index is 1.96. The van der Waals surface area contributed by atoms with Crippen molar-refractivity contribution in [2.75, 3.05) is 11.9 Å². The Hall–Kier alpha value is -2.35. The Morgan fingerprint density at radius 3 is 2.65 bits per heavy atom. The topological polar surface area (TPSA) is 97.0 Å². The van der Waals surface area contributed by atoms with Crippen LogP contribution in [0.25, 0.3) is 0 Å². The zero-order valence-electron chi connectivity index (χ0n) is 13.1. The third-order valence-corrected chi connectivity index (χ3v) is 3.90. The van der Waals surface area contributed by atoms with Crippen molar-refractivity contribution in [3.63, 3.8) is 0 Å². The van der Waals surface area contributed by atoms with E-state index >= 15 is 0 Å². The standard InChI is InChI=1S/C15H18N4O3S/c1-4-22-12-7-5-11(6-8-12)16-14(21)10(3)23-15-17-13(20)9(2)18-19-15/h5-8,10H,4H2,1-3H3,(H,16,21)(H,17,19,20)/t10-/m1/s1. The van der Waals surface area contributed by atoms with Gasteiger partial charge in [-0.05, 0) is 45.0 Å². The van der Waals surface area contributed by atoms with Crippen LogP contribution in [0, 0.1) is 6.92 Å². The molecule has 2 aromatic rings. The maximum atomic E-state index is 12.2. The molecular formula is C15H18N4O3S. The maximum Gasteiger partial charge on any atom is 0.273 e. The summed E-state index contributed by atoms with van der Waals surface area (Å²) in [5, 5.41) is 10.3. The van der Waals surface area contributed by atoms with Crippen molar-refractivity contribution in [3.05, 3.63) is 40.3 Å². The summed E-state index contributed by atoms with van der Waals surface area (Å²) < 4.78 is 5.35. The highest BCUT2D eigenvalue weighted by Gasteiger charge is 2.16. The number of aromatic nitrogens is 3. The van der Waals surface area contributed by atoms with Gasteiger partial charge in [0.2, 0.25) is 5.91 Å². The van der Waals surface area contributed by atoms with Crippen molar-refractivity contribution in [2.24, 2.45) is 0 Å². The number of anilines is 1. The lowest BCUT2D eigenvalue weighted by molar-refractivity contribution is -0.115. The predicted molar refractivity (Wildman–Crippen MR) is 88.9 cm³/mol. The first-order valence-electron chi connectivity index (χ1n) is 7.13. The number of amides is 1. The summed E-state index contributed by atoms with van der Waals surface area (Å²) in [7, 11) is 0. The quantitative estimate of drug-likeness (QED) is 0.784. The van der Waals surface area contributed by atoms with Crippen LogP contribution in [-0.2, 0) is 4.79 Å². The first kappa shape index (κ1) is 17.0. The summed E-state index contributed by atoms with van der Waals surface area (Å²) in [6.45, 7) is 5.80. The van der Waals surface area contributed by atoms with E-state index in [4.69, 9.17) is 4.74 Å². The third kappa shape index (κ3) is 4.82. The van der Waals surface area contributed by atoms with Gasteiger partial charge in [0.15, 0.2) is 5.16 Å². The highest BCUT2D eigenvalue weighted by atomic mass is 32.2. The van der Waals surface area contributed by atoms with Crippen molar-refractivity contribution in [3.8, 4) is 5.75 Å². The number of rotatable bonds is 6. The second-order valence-electron chi connectivity index (χ2n) is 4.75. The molecule has 0 aliphatic heterocycles. The molecule has 0 saturated carbocycles. The van der Waals surface area contributed by atoms with Gasteiger partial charge >= 0.3 is 0 Å². The van der Waals surface area contributed by atoms with Gasteiger partial charge in [0.05, 0.1) is 11.9 Å². The Kier molecular flexibility index (Phi) is 5.75. The molecule has 23 heavy (non-hydrogen) atoms. The number of ether oxygens (including phenoxy) is 1. The molecule has 0 spiro atoms. The number of nitrogens with zero attached hydrogens (tertiary/aromatic N) is 2. The Labute approximate surface area is 137 Å². The highest BCUT2D eigenvalue weighted by molar-refractivity contribution is 8.00. The van der Waals surface area contributed by atoms with E-state index in [0.29, 0.717) is 23.1 Å². The second kappa shape index (κ2) is 7.77. The maximum absolute atomic E-state index is 12.2. The first-order valence-corrected chi connectivity index (χ1v) is 8.01. The van der Waals surface area contributed by atoms with E-state index in [-0.39, 0.29) is 11.5 Å². The summed E-state index contributed by atoms with van der Waals surface area (Å²) in [6.07, 6.45) is 0. The number of aromatic amines is 1. The first-order chi connectivity index (χ1) is 11.0. The summed E-state index contributed by atoms with van der Waals surface area (Å²) in [5.74, 6) is 0.558. The fourth-order valence-electron chi connectivity index (χ4n) is 1.70. The van der Waals surface area contributed by atoms with Crippen LogP contribution in [0.4, 0.5) is 5.69 Å². The van der Waals surface area contributed by atoms with E-state index in [9.17, 15) is 9.59 Å². The molecule has 122 valence electrons. The van der Waals surface area contributed by atoms with Crippen molar-refractivity contribution < 1.29 is 9.53 Å². The minimum atomic E-state index is -0.436. The SMILES string of the molecule is CCOc1ccc(NC(=O)[C@@H](C)Sc2nnc(C)c(=O)[nH]2)cc1. The van der Waals surface area contributed by atoms with Crippen molar-refractivity contribution in [2.45, 2.75) is 31.2 Å². The number of carbonyl (C=O) groups excluding carboxylic acids is 1. The van der Waals surface area contributed by atoms with Crippen LogP contribution in [0.15, 0.2) is 34.2 Å². The number of nitrogens with one attached hydrogen (secondary N) is 2. The Morgan fingerprint density at radius 1 is 1.35 bits per heavy atom. The number of thioether (sulfide) groups is 1. The number of aryl methyl sites for hydroxylation is 1. The monoisotopic (exact) mass is 334 g/mol. The number of carbonyl (C=O) groups is 1. The smallest absolute Gasteiger partial charge is 0.273 e. The van der Waals surface area contributed by atoms with Gasteiger partial charge < -0.3 is 10.1 Å². The summed E-state index contributed by atoms with van der Waals surface area (Å²) >= 11 is 1.14. The molecule has 7 nitrogen and oxygen atoms in total. The molecule has 1 heterocycles. The highest BCUT2D eigenvalue weighted by Crippen LogP contribution is 2.20. The minimum Gasteiger partial charge on any atom is -0.494 e. The molecule has 0 aliphatic rings. The Morgan fingerprint density at radius 2 is 2.04 bits per heavy atom. The third-order valence-electron chi connectivity index (χ3n) is 2.93. The fourth-order valence-corrected chi connectivity index (χ4v) is 2.44. The summed E-state index contributed by atoms with van der Waals surface area (Å²) in [6, 6.07) is 7.13. The average Bonchev–Trinajstić information content (AvgIpc) is 2.53. The molecule has 2 rings (SSSR count). The van der Waals surface area contributed by atoms with Crippen molar-refractivity contribution in [1.82, 2.24) is 15.2 Å². The second-order valence-corrected chi connectivity index (χ2v) is 6.08. The zero-order valence-corrected chi connectivity index (χ0v) is 13.9. The van der Waals surface area contributed by atoms with Crippen LogP contribution in [0.1, 0.15) is 19.5 Å². The van der Waals surface area contributed by atoms with E-state index < -0.39 is 5.25 Å². The molecule has 1 amide bonds. The molecule has 2 N–H and O–H groups in total. The van der Waals surface area contributed by atoms with E-state index in [0.717, 1.165) is 17.5 Å². The van der Waals surface area contributed by atoms with Crippen LogP contribution < -0.4 is 15.6 Å². The molecule has 0 saturated heterocycles. The molecule has 0 bridgehead atoms. The van der Waals surface area contributed by atoms with Crippen LogP contribution in [-0.4, -0.2) is 32.9 Å². The lowest BCUT2D eigenvalue weighted by Crippen LogP contribution is -2.23. The predicted octanol–water partition coefficient (Wildman–Crippen LogP) is 1.99. The van der Waals surface area contributed by atoms with Crippen LogP contribution in [0.5, 0.6) is 5.75 Å². The van der Waals surface area contributed by atoms with Gasteiger partial charge in [0.25, 0.3) is 5.56 Å². The van der Waals surface area contributed by atoms with Gasteiger partial charge in [-0.2, -0.15) is 0 Å². The molecule has 1 aromatic heterocycles. The summed E-state index contributed by atoms with van der Waals surface area (Å²) in [5.41, 5.74) is 0.664. The summed E-state index contributed by atoms with van der Waals surface area (Å²) in [4.78, 5) is 26.2. The molecule has 0 radical (unpaired) electrons. The average molecular weight is 334 g/mol. The zero-order chi connectivity index (χ0) is 16.8.